The summed E-state index contributed by atoms with van der Waals surface area (Å²) in [6, 6.07) is 14.2. The van der Waals surface area contributed by atoms with E-state index >= 15 is 0 Å². The number of aromatic nitrogens is 1. The molecule has 0 aliphatic heterocycles. The highest BCUT2D eigenvalue weighted by Crippen LogP contribution is 2.27. The molecule has 0 amide bonds. The van der Waals surface area contributed by atoms with Crippen LogP contribution in [-0.2, 0) is 0 Å². The molecule has 0 atom stereocenters. The lowest BCUT2D eigenvalue weighted by Crippen LogP contribution is -1.90. The Morgan fingerprint density at radius 2 is 1.89 bits per heavy atom. The molecule has 0 saturated heterocycles. The van der Waals surface area contributed by atoms with Crippen LogP contribution in [0.4, 0.5) is 4.39 Å². The van der Waals surface area contributed by atoms with Crippen LogP contribution < -0.4 is 0 Å². The van der Waals surface area contributed by atoms with Crippen LogP contribution in [0.15, 0.2) is 54.7 Å². The highest BCUT2D eigenvalue weighted by molar-refractivity contribution is 5.93. The van der Waals surface area contributed by atoms with Crippen LogP contribution >= 0.6 is 0 Å². The largest absolute Gasteiger partial charge is 0.298 e. The second kappa shape index (κ2) is 4.61. The zero-order chi connectivity index (χ0) is 13.2. The van der Waals surface area contributed by atoms with Gasteiger partial charge in [-0.05, 0) is 23.8 Å². The van der Waals surface area contributed by atoms with Crippen molar-refractivity contribution in [3.8, 4) is 11.1 Å². The molecule has 0 fully saturated rings. The van der Waals surface area contributed by atoms with Gasteiger partial charge in [-0.3, -0.25) is 9.78 Å². The Hall–Kier alpha value is -2.55. The molecular formula is C16H10FNO. The van der Waals surface area contributed by atoms with E-state index < -0.39 is 5.82 Å². The molecule has 19 heavy (non-hydrogen) atoms. The van der Waals surface area contributed by atoms with E-state index in [1.165, 1.54) is 12.1 Å². The molecule has 3 rings (SSSR count). The lowest BCUT2D eigenvalue weighted by molar-refractivity contribution is 0.112. The minimum Gasteiger partial charge on any atom is -0.298 e. The van der Waals surface area contributed by atoms with Gasteiger partial charge >= 0.3 is 0 Å². The van der Waals surface area contributed by atoms with Gasteiger partial charge in [0.2, 0.25) is 0 Å². The molecule has 0 unspecified atom stereocenters. The third kappa shape index (κ3) is 1.99. The SMILES string of the molecule is O=Cc1ccc(-c2cccc3cccnc23)cc1F. The second-order valence-electron chi connectivity index (χ2n) is 4.23. The maximum atomic E-state index is 13.7. The molecule has 2 aromatic carbocycles. The highest BCUT2D eigenvalue weighted by atomic mass is 19.1. The zero-order valence-electron chi connectivity index (χ0n) is 10.0. The average molecular weight is 251 g/mol. The molecule has 1 aromatic heterocycles. The minimum atomic E-state index is -0.513. The van der Waals surface area contributed by atoms with Crippen LogP contribution in [0.25, 0.3) is 22.0 Å². The fourth-order valence-corrected chi connectivity index (χ4v) is 2.13. The number of carbonyl (C=O) groups excluding carboxylic acids is 1. The van der Waals surface area contributed by atoms with E-state index in [0.29, 0.717) is 11.8 Å². The number of pyridine rings is 1. The van der Waals surface area contributed by atoms with E-state index in [1.54, 1.807) is 12.3 Å². The quantitative estimate of drug-likeness (QED) is 0.647. The summed E-state index contributed by atoms with van der Waals surface area (Å²) in [7, 11) is 0. The van der Waals surface area contributed by atoms with Gasteiger partial charge in [-0.15, -0.1) is 0 Å². The van der Waals surface area contributed by atoms with E-state index in [2.05, 4.69) is 4.98 Å². The normalized spacial score (nSPS) is 10.6. The van der Waals surface area contributed by atoms with Gasteiger partial charge in [0.1, 0.15) is 5.82 Å². The van der Waals surface area contributed by atoms with Gasteiger partial charge in [0.05, 0.1) is 11.1 Å². The van der Waals surface area contributed by atoms with Gasteiger partial charge in [-0.25, -0.2) is 4.39 Å². The Balaban J connectivity index is 2.24. The maximum absolute atomic E-state index is 13.7. The summed E-state index contributed by atoms with van der Waals surface area (Å²) in [5.41, 5.74) is 2.46. The molecule has 92 valence electrons. The molecule has 0 aliphatic rings. The third-order valence-electron chi connectivity index (χ3n) is 3.07. The Morgan fingerprint density at radius 3 is 2.68 bits per heavy atom. The molecule has 1 heterocycles. The number of aldehydes is 1. The van der Waals surface area contributed by atoms with Crippen molar-refractivity contribution in [2.24, 2.45) is 0 Å². The fraction of sp³-hybridized carbons (Fsp3) is 0. The molecule has 3 heteroatoms. The van der Waals surface area contributed by atoms with Crippen LogP contribution in [-0.4, -0.2) is 11.3 Å². The number of hydrogen-bond donors (Lipinski definition) is 0. The molecule has 3 aromatic rings. The van der Waals surface area contributed by atoms with Crippen molar-refractivity contribution in [1.29, 1.82) is 0 Å². The molecule has 0 N–H and O–H groups in total. The number of hydrogen-bond acceptors (Lipinski definition) is 2. The Kier molecular flexibility index (Phi) is 2.80. The number of halogens is 1. The lowest BCUT2D eigenvalue weighted by Gasteiger charge is -2.06. The predicted octanol–water partition coefficient (Wildman–Crippen LogP) is 3.85. The number of rotatable bonds is 2. The summed E-state index contributed by atoms with van der Waals surface area (Å²) in [4.78, 5) is 15.0. The zero-order valence-corrected chi connectivity index (χ0v) is 10.0. The van der Waals surface area contributed by atoms with Crippen LogP contribution in [0.2, 0.25) is 0 Å². The molecule has 0 aliphatic carbocycles. The van der Waals surface area contributed by atoms with E-state index in [1.807, 2.05) is 30.3 Å². The second-order valence-corrected chi connectivity index (χ2v) is 4.23. The standard InChI is InChI=1S/C16H10FNO/c17-15-9-12(6-7-13(15)10-19)14-5-1-3-11-4-2-8-18-16(11)14/h1-10H. The van der Waals surface area contributed by atoms with Crippen molar-refractivity contribution in [3.05, 3.63) is 66.1 Å². The predicted molar refractivity (Wildman–Crippen MR) is 72.5 cm³/mol. The first-order chi connectivity index (χ1) is 9.29. The molecule has 0 bridgehead atoms. The summed E-state index contributed by atoms with van der Waals surface area (Å²) >= 11 is 0. The molecule has 0 radical (unpaired) electrons. The van der Waals surface area contributed by atoms with E-state index in [0.717, 1.165) is 16.5 Å². The number of fused-ring (bicyclic) bond motifs is 1. The topological polar surface area (TPSA) is 30.0 Å². The fourth-order valence-electron chi connectivity index (χ4n) is 2.13. The van der Waals surface area contributed by atoms with E-state index in [9.17, 15) is 9.18 Å². The van der Waals surface area contributed by atoms with Gasteiger partial charge in [0.25, 0.3) is 0 Å². The summed E-state index contributed by atoms with van der Waals surface area (Å²) in [6.45, 7) is 0. The number of carbonyl (C=O) groups is 1. The van der Waals surface area contributed by atoms with Crippen LogP contribution in [0, 0.1) is 5.82 Å². The van der Waals surface area contributed by atoms with Gasteiger partial charge in [-0.2, -0.15) is 0 Å². The number of para-hydroxylation sites is 1. The van der Waals surface area contributed by atoms with Crippen LogP contribution in [0.1, 0.15) is 10.4 Å². The van der Waals surface area contributed by atoms with Gasteiger partial charge < -0.3 is 0 Å². The summed E-state index contributed by atoms with van der Waals surface area (Å²) < 4.78 is 13.7. The van der Waals surface area contributed by atoms with Crippen molar-refractivity contribution >= 4 is 17.2 Å². The molecular weight excluding hydrogens is 241 g/mol. The number of benzene rings is 2. The smallest absolute Gasteiger partial charge is 0.152 e. The molecule has 0 spiro atoms. The van der Waals surface area contributed by atoms with Crippen LogP contribution in [0.3, 0.4) is 0 Å². The first-order valence-corrected chi connectivity index (χ1v) is 5.88. The Morgan fingerprint density at radius 1 is 1.05 bits per heavy atom. The van der Waals surface area contributed by atoms with Crippen molar-refractivity contribution in [2.75, 3.05) is 0 Å². The van der Waals surface area contributed by atoms with Crippen molar-refractivity contribution in [1.82, 2.24) is 4.98 Å². The number of nitrogens with zero attached hydrogens (tertiary/aromatic N) is 1. The molecule has 0 saturated carbocycles. The third-order valence-corrected chi connectivity index (χ3v) is 3.07. The summed E-state index contributed by atoms with van der Waals surface area (Å²) in [6.07, 6.45) is 2.22. The van der Waals surface area contributed by atoms with E-state index in [4.69, 9.17) is 0 Å². The first kappa shape index (κ1) is 11.5. The Bertz CT molecular complexity index is 762. The Labute approximate surface area is 109 Å². The first-order valence-electron chi connectivity index (χ1n) is 5.88. The monoisotopic (exact) mass is 251 g/mol. The summed E-state index contributed by atoms with van der Waals surface area (Å²) in [5, 5.41) is 1.000. The highest BCUT2D eigenvalue weighted by Gasteiger charge is 2.07. The van der Waals surface area contributed by atoms with Crippen molar-refractivity contribution in [3.63, 3.8) is 0 Å². The minimum absolute atomic E-state index is 0.0666. The van der Waals surface area contributed by atoms with Crippen molar-refractivity contribution < 1.29 is 9.18 Å². The van der Waals surface area contributed by atoms with Gasteiger partial charge in [-0.1, -0.05) is 30.3 Å². The summed E-state index contributed by atoms with van der Waals surface area (Å²) in [5.74, 6) is -0.513. The average Bonchev–Trinajstić information content (AvgIpc) is 2.46. The molecule has 2 nitrogen and oxygen atoms in total. The van der Waals surface area contributed by atoms with Gasteiger partial charge in [0, 0.05) is 17.1 Å². The van der Waals surface area contributed by atoms with Crippen molar-refractivity contribution in [2.45, 2.75) is 0 Å². The van der Waals surface area contributed by atoms with E-state index in [-0.39, 0.29) is 5.56 Å². The maximum Gasteiger partial charge on any atom is 0.152 e. The van der Waals surface area contributed by atoms with Gasteiger partial charge in [0.15, 0.2) is 6.29 Å². The lowest BCUT2D eigenvalue weighted by atomic mass is 10.0. The van der Waals surface area contributed by atoms with Crippen LogP contribution in [0.5, 0.6) is 0 Å².